The molecule has 0 amide bonds. The van der Waals surface area contributed by atoms with Crippen molar-refractivity contribution in [1.82, 2.24) is 10.3 Å². The largest absolute Gasteiger partial charge is 0.493 e. The Balaban J connectivity index is 1.93. The van der Waals surface area contributed by atoms with Crippen molar-refractivity contribution in [2.75, 3.05) is 32.1 Å². The van der Waals surface area contributed by atoms with Crippen LogP contribution < -0.4 is 15.4 Å². The van der Waals surface area contributed by atoms with Crippen LogP contribution in [0.2, 0.25) is 0 Å². The Hall–Kier alpha value is -1.29. The highest BCUT2D eigenvalue weighted by Gasteiger charge is 2.16. The van der Waals surface area contributed by atoms with Crippen molar-refractivity contribution in [2.24, 2.45) is 5.92 Å². The highest BCUT2D eigenvalue weighted by molar-refractivity contribution is 5.49. The van der Waals surface area contributed by atoms with Gasteiger partial charge in [0.15, 0.2) is 11.6 Å². The van der Waals surface area contributed by atoms with Gasteiger partial charge in [-0.05, 0) is 12.1 Å². The molecule has 76 valence electrons. The number of aromatic nitrogens is 1. The van der Waals surface area contributed by atoms with Gasteiger partial charge in [0, 0.05) is 31.7 Å². The number of pyridine rings is 1. The van der Waals surface area contributed by atoms with E-state index < -0.39 is 0 Å². The molecule has 1 aromatic rings. The second kappa shape index (κ2) is 4.28. The molecular formula is C10H15N3O. The second-order valence-electron chi connectivity index (χ2n) is 3.46. The van der Waals surface area contributed by atoms with Crippen LogP contribution in [0.15, 0.2) is 18.3 Å². The number of hydrogen-bond acceptors (Lipinski definition) is 4. The molecule has 1 fully saturated rings. The van der Waals surface area contributed by atoms with Gasteiger partial charge in [-0.25, -0.2) is 4.98 Å². The van der Waals surface area contributed by atoms with Crippen LogP contribution in [0.25, 0.3) is 0 Å². The van der Waals surface area contributed by atoms with Crippen LogP contribution >= 0.6 is 0 Å². The van der Waals surface area contributed by atoms with E-state index in [1.54, 1.807) is 13.3 Å². The van der Waals surface area contributed by atoms with E-state index in [2.05, 4.69) is 15.6 Å². The van der Waals surface area contributed by atoms with Crippen LogP contribution in [0.4, 0.5) is 5.82 Å². The van der Waals surface area contributed by atoms with Gasteiger partial charge in [0.05, 0.1) is 7.11 Å². The van der Waals surface area contributed by atoms with E-state index in [1.807, 2.05) is 12.1 Å². The molecule has 1 aromatic heterocycles. The van der Waals surface area contributed by atoms with Gasteiger partial charge in [-0.15, -0.1) is 0 Å². The Morgan fingerprint density at radius 1 is 1.64 bits per heavy atom. The number of hydrogen-bond donors (Lipinski definition) is 2. The first-order valence-corrected chi connectivity index (χ1v) is 4.83. The lowest BCUT2D eigenvalue weighted by molar-refractivity contribution is 0.364. The monoisotopic (exact) mass is 193 g/mol. The molecule has 0 aromatic carbocycles. The van der Waals surface area contributed by atoms with E-state index in [4.69, 9.17) is 4.74 Å². The van der Waals surface area contributed by atoms with Gasteiger partial charge in [-0.1, -0.05) is 0 Å². The summed E-state index contributed by atoms with van der Waals surface area (Å²) in [4.78, 5) is 4.22. The molecule has 0 saturated carbocycles. The van der Waals surface area contributed by atoms with Gasteiger partial charge in [0.2, 0.25) is 0 Å². The molecule has 14 heavy (non-hydrogen) atoms. The molecule has 4 heteroatoms. The predicted octanol–water partition coefficient (Wildman–Crippen LogP) is 0.721. The number of rotatable bonds is 4. The molecule has 0 atom stereocenters. The normalized spacial score (nSPS) is 16.1. The summed E-state index contributed by atoms with van der Waals surface area (Å²) < 4.78 is 5.19. The fraction of sp³-hybridized carbons (Fsp3) is 0.500. The molecule has 0 spiro atoms. The maximum Gasteiger partial charge on any atom is 0.168 e. The number of methoxy groups -OCH3 is 1. The molecule has 1 aliphatic rings. The first-order valence-electron chi connectivity index (χ1n) is 4.83. The third-order valence-corrected chi connectivity index (χ3v) is 2.41. The third kappa shape index (κ3) is 1.96. The minimum atomic E-state index is 0.724. The Bertz CT molecular complexity index is 299. The van der Waals surface area contributed by atoms with Gasteiger partial charge in [0.1, 0.15) is 0 Å². The fourth-order valence-corrected chi connectivity index (χ4v) is 1.42. The van der Waals surface area contributed by atoms with Gasteiger partial charge < -0.3 is 15.4 Å². The Kier molecular flexibility index (Phi) is 2.84. The van der Waals surface area contributed by atoms with Crippen LogP contribution in [0.1, 0.15) is 0 Å². The summed E-state index contributed by atoms with van der Waals surface area (Å²) in [6.07, 6.45) is 1.77. The van der Waals surface area contributed by atoms with Gasteiger partial charge in [-0.3, -0.25) is 0 Å². The van der Waals surface area contributed by atoms with E-state index in [1.165, 1.54) is 0 Å². The van der Waals surface area contributed by atoms with Gasteiger partial charge in [-0.2, -0.15) is 0 Å². The summed E-state index contributed by atoms with van der Waals surface area (Å²) in [5.74, 6) is 2.36. The van der Waals surface area contributed by atoms with Crippen molar-refractivity contribution >= 4 is 5.82 Å². The molecule has 0 aliphatic carbocycles. The molecule has 2 rings (SSSR count). The standard InChI is InChI=1S/C10H15N3O/c1-14-9-3-2-4-12-10(9)13-7-8-5-11-6-8/h2-4,8,11H,5-7H2,1H3,(H,12,13). The summed E-state index contributed by atoms with van der Waals surface area (Å²) in [6, 6.07) is 3.78. The number of nitrogens with one attached hydrogen (secondary N) is 2. The SMILES string of the molecule is COc1cccnc1NCC1CNC1. The Morgan fingerprint density at radius 3 is 3.14 bits per heavy atom. The smallest absolute Gasteiger partial charge is 0.168 e. The van der Waals surface area contributed by atoms with Crippen LogP contribution in [0.5, 0.6) is 5.75 Å². The average molecular weight is 193 g/mol. The van der Waals surface area contributed by atoms with Crippen LogP contribution in [-0.4, -0.2) is 31.7 Å². The summed E-state index contributed by atoms with van der Waals surface area (Å²) in [7, 11) is 1.66. The molecule has 4 nitrogen and oxygen atoms in total. The van der Waals surface area contributed by atoms with Gasteiger partial charge in [0.25, 0.3) is 0 Å². The average Bonchev–Trinajstić information content (AvgIpc) is 2.16. The number of anilines is 1. The zero-order valence-electron chi connectivity index (χ0n) is 8.29. The Labute approximate surface area is 83.7 Å². The summed E-state index contributed by atoms with van der Waals surface area (Å²) in [5.41, 5.74) is 0. The molecule has 1 saturated heterocycles. The fourth-order valence-electron chi connectivity index (χ4n) is 1.42. The summed E-state index contributed by atoms with van der Waals surface area (Å²) in [5, 5.41) is 6.52. The van der Waals surface area contributed by atoms with Gasteiger partial charge >= 0.3 is 0 Å². The molecule has 2 heterocycles. The lowest BCUT2D eigenvalue weighted by Crippen LogP contribution is -2.45. The lowest BCUT2D eigenvalue weighted by atomic mass is 10.0. The maximum absolute atomic E-state index is 5.19. The van der Waals surface area contributed by atoms with Crippen molar-refractivity contribution in [3.05, 3.63) is 18.3 Å². The molecule has 0 unspecified atom stereocenters. The van der Waals surface area contributed by atoms with E-state index in [0.717, 1.165) is 37.1 Å². The topological polar surface area (TPSA) is 46.2 Å². The highest BCUT2D eigenvalue weighted by atomic mass is 16.5. The molecule has 0 radical (unpaired) electrons. The molecular weight excluding hydrogens is 178 g/mol. The first-order chi connectivity index (χ1) is 6.90. The number of nitrogens with zero attached hydrogens (tertiary/aromatic N) is 1. The van der Waals surface area contributed by atoms with Crippen molar-refractivity contribution in [2.45, 2.75) is 0 Å². The van der Waals surface area contributed by atoms with E-state index in [0.29, 0.717) is 0 Å². The Morgan fingerprint density at radius 2 is 2.50 bits per heavy atom. The lowest BCUT2D eigenvalue weighted by Gasteiger charge is -2.27. The van der Waals surface area contributed by atoms with E-state index >= 15 is 0 Å². The predicted molar refractivity (Wildman–Crippen MR) is 55.6 cm³/mol. The summed E-state index contributed by atoms with van der Waals surface area (Å²) in [6.45, 7) is 3.16. The van der Waals surface area contributed by atoms with Crippen LogP contribution in [0, 0.1) is 5.92 Å². The first kappa shape index (κ1) is 9.27. The van der Waals surface area contributed by atoms with Crippen LogP contribution in [-0.2, 0) is 0 Å². The molecule has 1 aliphatic heterocycles. The molecule has 2 N–H and O–H groups in total. The van der Waals surface area contributed by atoms with Crippen molar-refractivity contribution in [3.63, 3.8) is 0 Å². The van der Waals surface area contributed by atoms with Crippen molar-refractivity contribution < 1.29 is 4.74 Å². The quantitative estimate of drug-likeness (QED) is 0.739. The highest BCUT2D eigenvalue weighted by Crippen LogP contribution is 2.20. The zero-order chi connectivity index (χ0) is 9.80. The number of ether oxygens (including phenoxy) is 1. The van der Waals surface area contributed by atoms with E-state index in [-0.39, 0.29) is 0 Å². The van der Waals surface area contributed by atoms with E-state index in [9.17, 15) is 0 Å². The maximum atomic E-state index is 5.19. The van der Waals surface area contributed by atoms with Crippen molar-refractivity contribution in [3.8, 4) is 5.75 Å². The van der Waals surface area contributed by atoms with Crippen molar-refractivity contribution in [1.29, 1.82) is 0 Å². The second-order valence-corrected chi connectivity index (χ2v) is 3.46. The third-order valence-electron chi connectivity index (χ3n) is 2.41. The zero-order valence-corrected chi connectivity index (χ0v) is 8.29. The minimum absolute atomic E-state index is 0.724. The molecule has 0 bridgehead atoms. The minimum Gasteiger partial charge on any atom is -0.493 e. The van der Waals surface area contributed by atoms with Crippen LogP contribution in [0.3, 0.4) is 0 Å². The summed E-state index contributed by atoms with van der Waals surface area (Å²) >= 11 is 0.